The van der Waals surface area contributed by atoms with Crippen LogP contribution in [0.15, 0.2) is 47.4 Å². The van der Waals surface area contributed by atoms with Gasteiger partial charge in [-0.25, -0.2) is 12.8 Å². The van der Waals surface area contributed by atoms with Crippen molar-refractivity contribution in [2.45, 2.75) is 24.8 Å². The van der Waals surface area contributed by atoms with Crippen molar-refractivity contribution in [3.63, 3.8) is 0 Å². The van der Waals surface area contributed by atoms with Crippen molar-refractivity contribution in [2.75, 3.05) is 6.26 Å². The Bertz CT molecular complexity index is 975. The number of hydrogen-bond donors (Lipinski definition) is 2. The van der Waals surface area contributed by atoms with Gasteiger partial charge in [0.05, 0.1) is 4.90 Å². The van der Waals surface area contributed by atoms with Crippen LogP contribution in [0.5, 0.6) is 5.75 Å². The van der Waals surface area contributed by atoms with Crippen molar-refractivity contribution in [2.24, 2.45) is 0 Å². The van der Waals surface area contributed by atoms with E-state index in [9.17, 15) is 22.4 Å². The van der Waals surface area contributed by atoms with Gasteiger partial charge in [0.1, 0.15) is 0 Å². The molecular formula is C18H19FN2O5S. The van der Waals surface area contributed by atoms with E-state index in [4.69, 9.17) is 4.74 Å². The molecule has 0 bridgehead atoms. The molecule has 0 fully saturated rings. The van der Waals surface area contributed by atoms with Gasteiger partial charge in [-0.05, 0) is 43.7 Å². The summed E-state index contributed by atoms with van der Waals surface area (Å²) in [5.74, 6) is -2.11. The van der Waals surface area contributed by atoms with E-state index in [1.54, 1.807) is 13.0 Å². The maximum absolute atomic E-state index is 13.6. The predicted molar refractivity (Wildman–Crippen MR) is 96.4 cm³/mol. The van der Waals surface area contributed by atoms with Crippen LogP contribution in [0.2, 0.25) is 0 Å². The quantitative estimate of drug-likeness (QED) is 0.753. The molecule has 0 spiro atoms. The fourth-order valence-corrected chi connectivity index (χ4v) is 2.80. The van der Waals surface area contributed by atoms with E-state index in [0.717, 1.165) is 6.26 Å². The molecule has 2 rings (SSSR count). The monoisotopic (exact) mass is 394 g/mol. The summed E-state index contributed by atoms with van der Waals surface area (Å²) in [6.45, 7) is 3.02. The molecule has 2 aromatic rings. The molecule has 0 radical (unpaired) electrons. The van der Waals surface area contributed by atoms with E-state index in [2.05, 4.69) is 10.9 Å². The van der Waals surface area contributed by atoms with E-state index in [0.29, 0.717) is 5.56 Å². The summed E-state index contributed by atoms with van der Waals surface area (Å²) in [6, 6.07) is 9.73. The lowest BCUT2D eigenvalue weighted by Gasteiger charge is -2.16. The molecule has 27 heavy (non-hydrogen) atoms. The first-order chi connectivity index (χ1) is 12.6. The van der Waals surface area contributed by atoms with Gasteiger partial charge in [0, 0.05) is 11.8 Å². The standard InChI is InChI=1S/C18H19FN2O5S/c1-11-8-9-13(27(3,24)25)10-14(11)18(23)21-20-17(22)12(2)26-16-7-5-4-6-15(16)19/h4-10,12H,1-3H3,(H,20,22)(H,21,23). The maximum Gasteiger partial charge on any atom is 0.279 e. The number of ether oxygens (including phenoxy) is 1. The van der Waals surface area contributed by atoms with Gasteiger partial charge in [-0.1, -0.05) is 18.2 Å². The number of sulfone groups is 1. The molecule has 2 amide bonds. The van der Waals surface area contributed by atoms with Crippen LogP contribution in [-0.2, 0) is 14.6 Å². The van der Waals surface area contributed by atoms with Gasteiger partial charge in [0.25, 0.3) is 11.8 Å². The van der Waals surface area contributed by atoms with Gasteiger partial charge in [0.2, 0.25) is 0 Å². The smallest absolute Gasteiger partial charge is 0.279 e. The zero-order valence-electron chi connectivity index (χ0n) is 14.9. The van der Waals surface area contributed by atoms with Crippen molar-refractivity contribution < 1.29 is 27.1 Å². The number of carbonyl (C=O) groups excluding carboxylic acids is 2. The number of rotatable bonds is 5. The molecule has 1 unspecified atom stereocenters. The fourth-order valence-electron chi connectivity index (χ4n) is 2.15. The first-order valence-electron chi connectivity index (χ1n) is 7.91. The van der Waals surface area contributed by atoms with Crippen molar-refractivity contribution in [3.8, 4) is 5.75 Å². The Balaban J connectivity index is 2.03. The molecule has 0 aliphatic rings. The minimum atomic E-state index is -3.48. The number of halogens is 1. The molecular weight excluding hydrogens is 375 g/mol. The molecule has 0 aromatic heterocycles. The third-order valence-corrected chi connectivity index (χ3v) is 4.80. The molecule has 2 N–H and O–H groups in total. The molecule has 7 nitrogen and oxygen atoms in total. The van der Waals surface area contributed by atoms with Gasteiger partial charge >= 0.3 is 0 Å². The molecule has 2 aromatic carbocycles. The van der Waals surface area contributed by atoms with Crippen LogP contribution in [0.4, 0.5) is 4.39 Å². The van der Waals surface area contributed by atoms with Gasteiger partial charge < -0.3 is 4.74 Å². The van der Waals surface area contributed by atoms with Gasteiger partial charge in [0.15, 0.2) is 27.5 Å². The highest BCUT2D eigenvalue weighted by Crippen LogP contribution is 2.17. The van der Waals surface area contributed by atoms with Crippen LogP contribution >= 0.6 is 0 Å². The number of carbonyl (C=O) groups is 2. The summed E-state index contributed by atoms with van der Waals surface area (Å²) in [7, 11) is -3.48. The second kappa shape index (κ2) is 8.17. The molecule has 1 atom stereocenters. The topological polar surface area (TPSA) is 102 Å². The first-order valence-corrected chi connectivity index (χ1v) is 9.81. The van der Waals surface area contributed by atoms with Gasteiger partial charge in [-0.15, -0.1) is 0 Å². The Morgan fingerprint density at radius 1 is 1.11 bits per heavy atom. The number of hydrazine groups is 1. The first kappa shape index (κ1) is 20.4. The Morgan fingerprint density at radius 2 is 1.78 bits per heavy atom. The predicted octanol–water partition coefficient (Wildman–Crippen LogP) is 1.77. The van der Waals surface area contributed by atoms with E-state index in [-0.39, 0.29) is 16.2 Å². The summed E-state index contributed by atoms with van der Waals surface area (Å²) < 4.78 is 42.0. The van der Waals surface area contributed by atoms with E-state index >= 15 is 0 Å². The normalized spacial score (nSPS) is 12.1. The van der Waals surface area contributed by atoms with Gasteiger partial charge in [-0.3, -0.25) is 20.4 Å². The highest BCUT2D eigenvalue weighted by atomic mass is 32.2. The van der Waals surface area contributed by atoms with E-state index in [1.807, 2.05) is 0 Å². The fraction of sp³-hybridized carbons (Fsp3) is 0.222. The number of para-hydroxylation sites is 1. The molecule has 9 heteroatoms. The Hall–Kier alpha value is -2.94. The highest BCUT2D eigenvalue weighted by Gasteiger charge is 2.19. The lowest BCUT2D eigenvalue weighted by Crippen LogP contribution is -2.47. The summed E-state index contributed by atoms with van der Waals surface area (Å²) in [5.41, 5.74) is 4.99. The second-order valence-electron chi connectivity index (χ2n) is 5.88. The molecule has 0 saturated heterocycles. The van der Waals surface area contributed by atoms with Crippen molar-refractivity contribution in [3.05, 3.63) is 59.4 Å². The molecule has 0 heterocycles. The average Bonchev–Trinajstić information content (AvgIpc) is 2.60. The number of hydrogen-bond acceptors (Lipinski definition) is 5. The largest absolute Gasteiger partial charge is 0.478 e. The minimum Gasteiger partial charge on any atom is -0.478 e. The Morgan fingerprint density at radius 3 is 2.41 bits per heavy atom. The van der Waals surface area contributed by atoms with Crippen molar-refractivity contribution in [1.29, 1.82) is 0 Å². The van der Waals surface area contributed by atoms with Crippen LogP contribution in [-0.4, -0.2) is 32.6 Å². The maximum atomic E-state index is 13.6. The van der Waals surface area contributed by atoms with Crippen LogP contribution in [0.3, 0.4) is 0 Å². The SMILES string of the molecule is Cc1ccc(S(C)(=O)=O)cc1C(=O)NNC(=O)C(C)Oc1ccccc1F. The third-order valence-electron chi connectivity index (χ3n) is 3.69. The summed E-state index contributed by atoms with van der Waals surface area (Å²) in [5, 5.41) is 0. The van der Waals surface area contributed by atoms with Crippen LogP contribution in [0, 0.1) is 12.7 Å². The van der Waals surface area contributed by atoms with Gasteiger partial charge in [-0.2, -0.15) is 0 Å². The second-order valence-corrected chi connectivity index (χ2v) is 7.90. The molecule has 144 valence electrons. The van der Waals surface area contributed by atoms with Crippen LogP contribution < -0.4 is 15.6 Å². The van der Waals surface area contributed by atoms with Crippen LogP contribution in [0.1, 0.15) is 22.8 Å². The van der Waals surface area contributed by atoms with Crippen molar-refractivity contribution >= 4 is 21.7 Å². The summed E-state index contributed by atoms with van der Waals surface area (Å²) in [6.07, 6.45) is -0.0475. The lowest BCUT2D eigenvalue weighted by atomic mass is 10.1. The molecule has 0 aliphatic heterocycles. The van der Waals surface area contributed by atoms with Crippen molar-refractivity contribution in [1.82, 2.24) is 10.9 Å². The molecule has 0 saturated carbocycles. The number of nitrogens with one attached hydrogen (secondary N) is 2. The number of amides is 2. The minimum absolute atomic E-state index is 0.0131. The molecule has 0 aliphatic carbocycles. The number of aryl methyl sites for hydroxylation is 1. The zero-order chi connectivity index (χ0) is 20.2. The Labute approximate surface area is 156 Å². The van der Waals surface area contributed by atoms with Crippen LogP contribution in [0.25, 0.3) is 0 Å². The third kappa shape index (κ3) is 5.27. The average molecular weight is 394 g/mol. The Kier molecular flexibility index (Phi) is 6.17. The van der Waals surface area contributed by atoms with E-state index < -0.39 is 33.6 Å². The zero-order valence-corrected chi connectivity index (χ0v) is 15.8. The summed E-state index contributed by atoms with van der Waals surface area (Å²) >= 11 is 0. The lowest BCUT2D eigenvalue weighted by molar-refractivity contribution is -0.128. The summed E-state index contributed by atoms with van der Waals surface area (Å²) in [4.78, 5) is 24.3. The van der Waals surface area contributed by atoms with E-state index in [1.165, 1.54) is 43.3 Å². The number of benzene rings is 2. The highest BCUT2D eigenvalue weighted by molar-refractivity contribution is 7.90.